The van der Waals surface area contributed by atoms with Crippen molar-refractivity contribution in [1.29, 1.82) is 0 Å². The predicted octanol–water partition coefficient (Wildman–Crippen LogP) is 3.49. The maximum Gasteiger partial charge on any atom is 0.398 e. The number of nitrogens with zero attached hydrogens (tertiary/aromatic N) is 2. The largest absolute Gasteiger partial charge is 0.398 e. The molecule has 0 bridgehead atoms. The normalized spacial score (nSPS) is 14.7. The van der Waals surface area contributed by atoms with Crippen molar-refractivity contribution < 1.29 is 35.8 Å². The summed E-state index contributed by atoms with van der Waals surface area (Å²) in [6, 6.07) is 3.32. The fourth-order valence-electron chi connectivity index (χ4n) is 2.47. The Bertz CT molecular complexity index is 893. The molecule has 1 heterocycles. The lowest BCUT2D eigenvalue weighted by Crippen LogP contribution is -2.51. The summed E-state index contributed by atoms with van der Waals surface area (Å²) in [5.41, 5.74) is -5.26. The van der Waals surface area contributed by atoms with Gasteiger partial charge in [-0.1, -0.05) is 0 Å². The van der Waals surface area contributed by atoms with Crippen LogP contribution in [0.2, 0.25) is 0 Å². The molecular weight excluding hydrogens is 441 g/mol. The summed E-state index contributed by atoms with van der Waals surface area (Å²) in [5.74, 6) is -3.14. The second kappa shape index (κ2) is 9.08. The van der Waals surface area contributed by atoms with Crippen molar-refractivity contribution in [2.75, 3.05) is 12.3 Å². The molecule has 0 aliphatic heterocycles. The average molecular weight is 456 g/mol. The van der Waals surface area contributed by atoms with Gasteiger partial charge in [0.15, 0.2) is 5.60 Å². The summed E-state index contributed by atoms with van der Waals surface area (Å²) in [6.45, 7) is -1.00. The SMILES string of the molecule is N/N=C\NCC(O)(c1ccc(F)cc1F)C(F)(F)c1ccc(SCC(F)(F)F)cn1. The first kappa shape index (κ1) is 23.7. The van der Waals surface area contributed by atoms with E-state index in [1.54, 1.807) is 0 Å². The monoisotopic (exact) mass is 456 g/mol. The molecule has 1 atom stereocenters. The maximum absolute atomic E-state index is 15.2. The van der Waals surface area contributed by atoms with Crippen molar-refractivity contribution in [3.8, 4) is 0 Å². The average Bonchev–Trinajstić information content (AvgIpc) is 2.66. The minimum Gasteiger partial charge on any atom is -0.377 e. The Morgan fingerprint density at radius 3 is 2.37 bits per heavy atom. The highest BCUT2D eigenvalue weighted by Gasteiger charge is 2.57. The molecule has 4 N–H and O–H groups in total. The van der Waals surface area contributed by atoms with Gasteiger partial charge in [-0.3, -0.25) is 4.98 Å². The number of hydrogen-bond acceptors (Lipinski definition) is 5. The molecule has 0 aliphatic carbocycles. The van der Waals surface area contributed by atoms with Crippen LogP contribution >= 0.6 is 11.8 Å². The summed E-state index contributed by atoms with van der Waals surface area (Å²) in [5, 5.41) is 16.0. The number of hydrogen-bond donors (Lipinski definition) is 3. The Morgan fingerprint density at radius 1 is 1.13 bits per heavy atom. The molecule has 5 nitrogen and oxygen atoms in total. The van der Waals surface area contributed by atoms with Crippen molar-refractivity contribution in [3.63, 3.8) is 0 Å². The molecule has 0 saturated carbocycles. The molecule has 0 radical (unpaired) electrons. The summed E-state index contributed by atoms with van der Waals surface area (Å²) < 4.78 is 94.7. The van der Waals surface area contributed by atoms with E-state index in [1.807, 2.05) is 0 Å². The van der Waals surface area contributed by atoms with Crippen LogP contribution in [0, 0.1) is 11.6 Å². The zero-order valence-corrected chi connectivity index (χ0v) is 15.7. The number of aliphatic hydroxyl groups is 1. The highest BCUT2D eigenvalue weighted by Crippen LogP contribution is 2.45. The standard InChI is InChI=1S/C17H15F7N4OS/c18-10-1-3-12(13(19)5-10)15(29,7-26-9-28-25)17(23,24)14-4-2-11(6-27-14)30-8-16(20,21)22/h1-6,9,29H,7-8,25H2,(H,26,28). The first-order valence-electron chi connectivity index (χ1n) is 8.07. The van der Waals surface area contributed by atoms with Gasteiger partial charge in [0.25, 0.3) is 0 Å². The van der Waals surface area contributed by atoms with E-state index in [-0.39, 0.29) is 4.90 Å². The number of aromatic nitrogens is 1. The molecule has 1 aromatic carbocycles. The molecule has 2 aromatic rings. The van der Waals surface area contributed by atoms with Crippen LogP contribution in [0.15, 0.2) is 46.5 Å². The summed E-state index contributed by atoms with van der Waals surface area (Å²) in [4.78, 5) is 3.39. The van der Waals surface area contributed by atoms with Crippen molar-refractivity contribution in [1.82, 2.24) is 10.3 Å². The molecule has 0 amide bonds. The lowest BCUT2D eigenvalue weighted by molar-refractivity contribution is -0.195. The number of hydrazone groups is 1. The van der Waals surface area contributed by atoms with Gasteiger partial charge < -0.3 is 16.3 Å². The van der Waals surface area contributed by atoms with Crippen LogP contribution in [-0.2, 0) is 11.5 Å². The van der Waals surface area contributed by atoms with Gasteiger partial charge >= 0.3 is 12.1 Å². The van der Waals surface area contributed by atoms with Crippen molar-refractivity contribution in [2.45, 2.75) is 22.6 Å². The third-order valence-electron chi connectivity index (χ3n) is 3.88. The quantitative estimate of drug-likeness (QED) is 0.142. The molecule has 0 spiro atoms. The van der Waals surface area contributed by atoms with E-state index in [0.29, 0.717) is 36.0 Å². The minimum atomic E-state index is -4.47. The number of pyridine rings is 1. The van der Waals surface area contributed by atoms with Crippen LogP contribution in [0.3, 0.4) is 0 Å². The second-order valence-corrected chi connectivity index (χ2v) is 7.05. The van der Waals surface area contributed by atoms with Crippen LogP contribution in [0.1, 0.15) is 11.3 Å². The van der Waals surface area contributed by atoms with Gasteiger partial charge in [0.1, 0.15) is 23.7 Å². The van der Waals surface area contributed by atoms with E-state index in [4.69, 9.17) is 5.84 Å². The van der Waals surface area contributed by atoms with Gasteiger partial charge in [0.2, 0.25) is 0 Å². The zero-order chi connectivity index (χ0) is 22.6. The molecule has 30 heavy (non-hydrogen) atoms. The number of nitrogens with two attached hydrogens (primary N) is 1. The number of rotatable bonds is 8. The van der Waals surface area contributed by atoms with Crippen molar-refractivity contribution in [3.05, 3.63) is 59.4 Å². The Kier molecular flexibility index (Phi) is 7.18. The van der Waals surface area contributed by atoms with Gasteiger partial charge in [-0.2, -0.15) is 27.1 Å². The van der Waals surface area contributed by atoms with Gasteiger partial charge in [-0.25, -0.2) is 8.78 Å². The van der Waals surface area contributed by atoms with E-state index in [1.165, 1.54) is 0 Å². The van der Waals surface area contributed by atoms with Crippen molar-refractivity contribution in [2.24, 2.45) is 10.9 Å². The molecule has 0 saturated heterocycles. The smallest absolute Gasteiger partial charge is 0.377 e. The first-order valence-corrected chi connectivity index (χ1v) is 9.06. The Balaban J connectivity index is 2.43. The third-order valence-corrected chi connectivity index (χ3v) is 4.93. The van der Waals surface area contributed by atoms with Crippen LogP contribution in [0.5, 0.6) is 0 Å². The Hall–Kier alpha value is -2.54. The van der Waals surface area contributed by atoms with E-state index in [2.05, 4.69) is 15.4 Å². The predicted molar refractivity (Wildman–Crippen MR) is 95.8 cm³/mol. The first-order chi connectivity index (χ1) is 13.9. The van der Waals surface area contributed by atoms with Crippen LogP contribution in [0.4, 0.5) is 30.7 Å². The molecule has 0 aliphatic rings. The van der Waals surface area contributed by atoms with Gasteiger partial charge in [-0.05, 0) is 24.3 Å². The van der Waals surface area contributed by atoms with Gasteiger partial charge in [-0.15, -0.1) is 11.8 Å². The number of nitrogens with one attached hydrogen (secondary N) is 1. The zero-order valence-electron chi connectivity index (χ0n) is 14.9. The molecule has 1 unspecified atom stereocenters. The second-order valence-electron chi connectivity index (χ2n) is 6.00. The van der Waals surface area contributed by atoms with E-state index >= 15 is 8.78 Å². The lowest BCUT2D eigenvalue weighted by Gasteiger charge is -2.36. The topological polar surface area (TPSA) is 83.5 Å². The minimum absolute atomic E-state index is 0.0447. The van der Waals surface area contributed by atoms with E-state index in [0.717, 1.165) is 18.6 Å². The number of thioether (sulfide) groups is 1. The number of halogens is 7. The summed E-state index contributed by atoms with van der Waals surface area (Å²) in [7, 11) is 0. The molecular formula is C17H15F7N4OS. The van der Waals surface area contributed by atoms with Crippen molar-refractivity contribution >= 4 is 18.1 Å². The summed E-state index contributed by atoms with van der Waals surface area (Å²) in [6.07, 6.45) is -2.92. The fourth-order valence-corrected chi connectivity index (χ4v) is 3.10. The molecule has 2 rings (SSSR count). The maximum atomic E-state index is 15.2. The lowest BCUT2D eigenvalue weighted by atomic mass is 9.84. The van der Waals surface area contributed by atoms with Crippen LogP contribution in [-0.4, -0.2) is 34.9 Å². The Labute approximate surface area is 170 Å². The van der Waals surface area contributed by atoms with E-state index < -0.39 is 52.9 Å². The molecule has 164 valence electrons. The van der Waals surface area contributed by atoms with Gasteiger partial charge in [0.05, 0.1) is 12.3 Å². The third kappa shape index (κ3) is 5.33. The number of alkyl halides is 5. The molecule has 13 heteroatoms. The van der Waals surface area contributed by atoms with Crippen LogP contribution < -0.4 is 11.2 Å². The highest BCUT2D eigenvalue weighted by molar-refractivity contribution is 7.99. The molecule has 1 aromatic heterocycles. The highest BCUT2D eigenvalue weighted by atomic mass is 32.2. The summed E-state index contributed by atoms with van der Waals surface area (Å²) >= 11 is 0.331. The molecule has 0 fully saturated rings. The van der Waals surface area contributed by atoms with E-state index in [9.17, 15) is 27.1 Å². The van der Waals surface area contributed by atoms with Gasteiger partial charge in [0, 0.05) is 22.7 Å². The van der Waals surface area contributed by atoms with Crippen LogP contribution in [0.25, 0.3) is 0 Å². The fraction of sp³-hybridized carbons (Fsp3) is 0.294. The number of benzene rings is 1. The Morgan fingerprint density at radius 2 is 1.83 bits per heavy atom.